The first kappa shape index (κ1) is 15.5. The second-order valence-corrected chi connectivity index (χ2v) is 6.67. The molecule has 0 aliphatic carbocycles. The Morgan fingerprint density at radius 3 is 2.33 bits per heavy atom. The highest BCUT2D eigenvalue weighted by Gasteiger charge is 2.07. The van der Waals surface area contributed by atoms with E-state index < -0.39 is 9.84 Å². The highest BCUT2D eigenvalue weighted by molar-refractivity contribution is 7.90. The maximum atomic E-state index is 13.2. The summed E-state index contributed by atoms with van der Waals surface area (Å²) in [4.78, 5) is 0.225. The van der Waals surface area contributed by atoms with Crippen LogP contribution < -0.4 is 10.5 Å². The van der Waals surface area contributed by atoms with E-state index in [1.165, 1.54) is 24.3 Å². The molecule has 0 atom stereocenters. The molecular weight excluding hydrogens is 293 g/mol. The van der Waals surface area contributed by atoms with E-state index in [0.717, 1.165) is 11.8 Å². The highest BCUT2D eigenvalue weighted by atomic mass is 32.2. The Kier molecular flexibility index (Phi) is 4.59. The van der Waals surface area contributed by atoms with Crippen molar-refractivity contribution < 1.29 is 17.5 Å². The van der Waals surface area contributed by atoms with Crippen LogP contribution in [0, 0.1) is 5.82 Å². The van der Waals surface area contributed by atoms with Crippen LogP contribution in [0.2, 0.25) is 0 Å². The normalized spacial score (nSPS) is 11.4. The summed E-state index contributed by atoms with van der Waals surface area (Å²) < 4.78 is 41.5. The molecule has 4 nitrogen and oxygen atoms in total. The van der Waals surface area contributed by atoms with Gasteiger partial charge in [0.25, 0.3) is 0 Å². The zero-order chi connectivity index (χ0) is 15.5. The minimum atomic E-state index is -3.22. The number of halogens is 1. The third-order valence-electron chi connectivity index (χ3n) is 3.03. The fourth-order valence-electron chi connectivity index (χ4n) is 1.87. The summed E-state index contributed by atoms with van der Waals surface area (Å²) in [5, 5.41) is 0. The van der Waals surface area contributed by atoms with Crippen LogP contribution in [0.5, 0.6) is 5.75 Å². The van der Waals surface area contributed by atoms with E-state index in [0.29, 0.717) is 17.9 Å². The molecular formula is C15H16FNO3S. The van der Waals surface area contributed by atoms with Gasteiger partial charge in [-0.2, -0.15) is 0 Å². The van der Waals surface area contributed by atoms with E-state index in [2.05, 4.69) is 0 Å². The number of hydrogen-bond acceptors (Lipinski definition) is 4. The lowest BCUT2D eigenvalue weighted by Gasteiger charge is -2.10. The van der Waals surface area contributed by atoms with Gasteiger partial charge < -0.3 is 10.5 Å². The van der Waals surface area contributed by atoms with Crippen LogP contribution >= 0.6 is 0 Å². The minimum absolute atomic E-state index is 0.169. The van der Waals surface area contributed by atoms with Crippen LogP contribution in [0.15, 0.2) is 47.4 Å². The Morgan fingerprint density at radius 2 is 1.76 bits per heavy atom. The molecule has 0 amide bonds. The predicted octanol–water partition coefficient (Wildman–Crippen LogP) is 2.27. The van der Waals surface area contributed by atoms with Crippen molar-refractivity contribution in [3.63, 3.8) is 0 Å². The van der Waals surface area contributed by atoms with E-state index in [1.54, 1.807) is 18.2 Å². The van der Waals surface area contributed by atoms with E-state index in [9.17, 15) is 12.8 Å². The molecule has 0 fully saturated rings. The van der Waals surface area contributed by atoms with Crippen LogP contribution in [-0.2, 0) is 23.0 Å². The third-order valence-corrected chi connectivity index (χ3v) is 4.16. The first-order chi connectivity index (χ1) is 9.90. The molecule has 0 saturated heterocycles. The van der Waals surface area contributed by atoms with Crippen molar-refractivity contribution in [2.75, 3.05) is 6.26 Å². The molecule has 0 heterocycles. The summed E-state index contributed by atoms with van der Waals surface area (Å²) in [5.74, 6) is 0.160. The van der Waals surface area contributed by atoms with Gasteiger partial charge in [-0.15, -0.1) is 0 Å². The van der Waals surface area contributed by atoms with Crippen LogP contribution in [-0.4, -0.2) is 14.7 Å². The fourth-order valence-corrected chi connectivity index (χ4v) is 2.50. The average Bonchev–Trinajstić information content (AvgIpc) is 2.45. The molecule has 0 aromatic heterocycles. The highest BCUT2D eigenvalue weighted by Crippen LogP contribution is 2.18. The molecule has 0 aliphatic rings. The molecule has 2 aromatic rings. The van der Waals surface area contributed by atoms with Gasteiger partial charge in [-0.3, -0.25) is 0 Å². The zero-order valence-electron chi connectivity index (χ0n) is 11.5. The van der Waals surface area contributed by atoms with Gasteiger partial charge in [-0.05, 0) is 47.5 Å². The molecule has 0 bridgehead atoms. The second-order valence-electron chi connectivity index (χ2n) is 4.65. The SMILES string of the molecule is CS(=O)(=O)c1ccc(OCc2cc(F)ccc2CN)cc1. The smallest absolute Gasteiger partial charge is 0.175 e. The summed E-state index contributed by atoms with van der Waals surface area (Å²) >= 11 is 0. The van der Waals surface area contributed by atoms with Gasteiger partial charge in [0.1, 0.15) is 18.2 Å². The molecule has 0 radical (unpaired) electrons. The van der Waals surface area contributed by atoms with Crippen LogP contribution in [0.4, 0.5) is 4.39 Å². The number of benzene rings is 2. The maximum Gasteiger partial charge on any atom is 0.175 e. The molecule has 2 N–H and O–H groups in total. The fraction of sp³-hybridized carbons (Fsp3) is 0.200. The van der Waals surface area contributed by atoms with Crippen molar-refractivity contribution in [3.05, 3.63) is 59.4 Å². The van der Waals surface area contributed by atoms with E-state index >= 15 is 0 Å². The molecule has 112 valence electrons. The lowest BCUT2D eigenvalue weighted by molar-refractivity contribution is 0.304. The molecule has 0 saturated carbocycles. The predicted molar refractivity (Wildman–Crippen MR) is 78.2 cm³/mol. The second kappa shape index (κ2) is 6.24. The largest absolute Gasteiger partial charge is 0.489 e. The standard InChI is InChI=1S/C15H16FNO3S/c1-21(18,19)15-6-4-14(5-7-15)20-10-12-8-13(16)3-2-11(12)9-17/h2-8H,9-10,17H2,1H3. The first-order valence-electron chi connectivity index (χ1n) is 6.30. The van der Waals surface area contributed by atoms with Gasteiger partial charge in [0.2, 0.25) is 0 Å². The Hall–Kier alpha value is -1.92. The van der Waals surface area contributed by atoms with E-state index in [1.807, 2.05) is 0 Å². The van der Waals surface area contributed by atoms with Crippen molar-refractivity contribution >= 4 is 9.84 Å². The molecule has 2 aromatic carbocycles. The summed E-state index contributed by atoms with van der Waals surface area (Å²) in [7, 11) is -3.22. The van der Waals surface area contributed by atoms with E-state index in [-0.39, 0.29) is 17.3 Å². The molecule has 0 unspecified atom stereocenters. The summed E-state index contributed by atoms with van der Waals surface area (Å²) in [5.41, 5.74) is 7.07. The van der Waals surface area contributed by atoms with Crippen LogP contribution in [0.3, 0.4) is 0 Å². The van der Waals surface area contributed by atoms with Gasteiger partial charge in [-0.1, -0.05) is 6.07 Å². The molecule has 2 rings (SSSR count). The quantitative estimate of drug-likeness (QED) is 0.920. The Balaban J connectivity index is 2.12. The summed E-state index contributed by atoms with van der Waals surface area (Å²) in [6.07, 6.45) is 1.14. The molecule has 6 heteroatoms. The summed E-state index contributed by atoms with van der Waals surface area (Å²) in [6, 6.07) is 10.4. The molecule has 0 aliphatic heterocycles. The van der Waals surface area contributed by atoms with Crippen molar-refractivity contribution in [3.8, 4) is 5.75 Å². The van der Waals surface area contributed by atoms with Gasteiger partial charge in [-0.25, -0.2) is 12.8 Å². The Bertz CT molecular complexity index is 727. The number of sulfone groups is 1. The van der Waals surface area contributed by atoms with Crippen LogP contribution in [0.1, 0.15) is 11.1 Å². The Morgan fingerprint density at radius 1 is 1.10 bits per heavy atom. The lowest BCUT2D eigenvalue weighted by atomic mass is 10.1. The average molecular weight is 309 g/mol. The van der Waals surface area contributed by atoms with Crippen molar-refractivity contribution in [1.29, 1.82) is 0 Å². The van der Waals surface area contributed by atoms with Gasteiger partial charge in [0.15, 0.2) is 9.84 Å². The van der Waals surface area contributed by atoms with Crippen LogP contribution in [0.25, 0.3) is 0 Å². The van der Waals surface area contributed by atoms with Gasteiger partial charge in [0, 0.05) is 12.8 Å². The van der Waals surface area contributed by atoms with Gasteiger partial charge >= 0.3 is 0 Å². The number of rotatable bonds is 5. The Labute approximate surface area is 123 Å². The number of ether oxygens (including phenoxy) is 1. The molecule has 0 spiro atoms. The number of nitrogens with two attached hydrogens (primary N) is 1. The van der Waals surface area contributed by atoms with E-state index in [4.69, 9.17) is 10.5 Å². The lowest BCUT2D eigenvalue weighted by Crippen LogP contribution is -2.05. The topological polar surface area (TPSA) is 69.4 Å². The molecule has 21 heavy (non-hydrogen) atoms. The van der Waals surface area contributed by atoms with Gasteiger partial charge in [0.05, 0.1) is 4.90 Å². The van der Waals surface area contributed by atoms with Crippen molar-refractivity contribution in [1.82, 2.24) is 0 Å². The third kappa shape index (κ3) is 4.03. The first-order valence-corrected chi connectivity index (χ1v) is 8.19. The van der Waals surface area contributed by atoms with Crippen molar-refractivity contribution in [2.24, 2.45) is 5.73 Å². The zero-order valence-corrected chi connectivity index (χ0v) is 12.4. The minimum Gasteiger partial charge on any atom is -0.489 e. The monoisotopic (exact) mass is 309 g/mol. The number of hydrogen-bond donors (Lipinski definition) is 1. The summed E-state index contributed by atoms with van der Waals surface area (Å²) in [6.45, 7) is 0.467. The van der Waals surface area contributed by atoms with Crippen molar-refractivity contribution in [2.45, 2.75) is 18.0 Å². The maximum absolute atomic E-state index is 13.2.